The maximum atomic E-state index is 12.7. The van der Waals surface area contributed by atoms with Crippen LogP contribution in [0.4, 0.5) is 16.2 Å². The van der Waals surface area contributed by atoms with Gasteiger partial charge in [0, 0.05) is 11.6 Å². The number of nitrogens with zero attached hydrogens (tertiary/aromatic N) is 1. The minimum atomic E-state index is -1.07. The molecule has 1 aliphatic rings. The fourth-order valence-corrected chi connectivity index (χ4v) is 2.74. The molecule has 2 aromatic carbocycles. The first-order valence-corrected chi connectivity index (χ1v) is 8.15. The van der Waals surface area contributed by atoms with E-state index in [1.54, 1.807) is 36.4 Å². The van der Waals surface area contributed by atoms with Crippen LogP contribution in [-0.4, -0.2) is 24.4 Å². The first kappa shape index (κ1) is 17.3. The van der Waals surface area contributed by atoms with Crippen molar-refractivity contribution in [2.75, 3.05) is 16.8 Å². The number of halogens is 2. The Morgan fingerprint density at radius 1 is 1.08 bits per heavy atom. The Hall–Kier alpha value is -2.57. The van der Waals surface area contributed by atoms with Crippen LogP contribution in [0.2, 0.25) is 10.0 Å². The van der Waals surface area contributed by atoms with Gasteiger partial charge in [-0.25, -0.2) is 9.69 Å². The summed E-state index contributed by atoms with van der Waals surface area (Å²) in [6, 6.07) is 12.3. The van der Waals surface area contributed by atoms with E-state index in [9.17, 15) is 14.4 Å². The first-order valence-electron chi connectivity index (χ1n) is 7.40. The van der Waals surface area contributed by atoms with Gasteiger partial charge in [-0.3, -0.25) is 9.59 Å². The predicted octanol–water partition coefficient (Wildman–Crippen LogP) is 3.30. The van der Waals surface area contributed by atoms with Crippen molar-refractivity contribution in [1.29, 1.82) is 0 Å². The summed E-state index contributed by atoms with van der Waals surface area (Å²) in [6.07, 6.45) is 0. The predicted molar refractivity (Wildman–Crippen MR) is 95.9 cm³/mol. The number of amides is 4. The lowest BCUT2D eigenvalue weighted by Gasteiger charge is -2.30. The molecule has 1 heterocycles. The zero-order chi connectivity index (χ0) is 18.0. The summed E-state index contributed by atoms with van der Waals surface area (Å²) >= 11 is 11.8. The lowest BCUT2D eigenvalue weighted by atomic mass is 10.0. The number of urea groups is 1. The molecule has 2 aromatic rings. The smallest absolute Gasteiger partial charge is 0.328 e. The number of hydrogen-bond acceptors (Lipinski definition) is 3. The third-order valence-electron chi connectivity index (χ3n) is 3.71. The lowest BCUT2D eigenvalue weighted by molar-refractivity contribution is -0.130. The SMILES string of the molecule is O=C(Nc1ccccc1Cl)C1CNC(=O)N(c2ccc(Cl)cc2)C1=O. The molecule has 0 bridgehead atoms. The van der Waals surface area contributed by atoms with Crippen molar-refractivity contribution in [2.45, 2.75) is 0 Å². The lowest BCUT2D eigenvalue weighted by Crippen LogP contribution is -2.58. The highest BCUT2D eigenvalue weighted by Gasteiger charge is 2.39. The van der Waals surface area contributed by atoms with E-state index >= 15 is 0 Å². The minimum absolute atomic E-state index is 0.0853. The van der Waals surface area contributed by atoms with Gasteiger partial charge in [-0.1, -0.05) is 35.3 Å². The number of anilines is 2. The fourth-order valence-electron chi connectivity index (χ4n) is 2.43. The number of benzene rings is 2. The molecule has 6 nitrogen and oxygen atoms in total. The van der Waals surface area contributed by atoms with Gasteiger partial charge in [0.25, 0.3) is 0 Å². The Morgan fingerprint density at radius 3 is 2.44 bits per heavy atom. The normalized spacial score (nSPS) is 17.2. The van der Waals surface area contributed by atoms with Crippen molar-refractivity contribution in [3.05, 3.63) is 58.6 Å². The van der Waals surface area contributed by atoms with Gasteiger partial charge < -0.3 is 10.6 Å². The quantitative estimate of drug-likeness (QED) is 0.805. The van der Waals surface area contributed by atoms with Gasteiger partial charge in [0.2, 0.25) is 11.8 Å². The van der Waals surface area contributed by atoms with E-state index in [1.807, 2.05) is 0 Å². The molecule has 1 unspecified atom stereocenters. The Kier molecular flexibility index (Phi) is 4.92. The maximum Gasteiger partial charge on any atom is 0.328 e. The third-order valence-corrected chi connectivity index (χ3v) is 4.29. The van der Waals surface area contributed by atoms with Crippen LogP contribution in [0, 0.1) is 5.92 Å². The summed E-state index contributed by atoms with van der Waals surface area (Å²) < 4.78 is 0. The largest absolute Gasteiger partial charge is 0.336 e. The van der Waals surface area contributed by atoms with Crippen LogP contribution in [-0.2, 0) is 9.59 Å². The van der Waals surface area contributed by atoms with E-state index < -0.39 is 23.8 Å². The summed E-state index contributed by atoms with van der Waals surface area (Å²) in [5, 5.41) is 5.99. The summed E-state index contributed by atoms with van der Waals surface area (Å²) in [7, 11) is 0. The number of para-hydroxylation sites is 1. The van der Waals surface area contributed by atoms with E-state index in [0.29, 0.717) is 21.4 Å². The summed E-state index contributed by atoms with van der Waals surface area (Å²) in [5.41, 5.74) is 0.735. The molecule has 25 heavy (non-hydrogen) atoms. The Balaban J connectivity index is 1.82. The van der Waals surface area contributed by atoms with Crippen molar-refractivity contribution in [1.82, 2.24) is 5.32 Å². The van der Waals surface area contributed by atoms with E-state index in [-0.39, 0.29) is 6.54 Å². The van der Waals surface area contributed by atoms with Crippen molar-refractivity contribution in [2.24, 2.45) is 5.92 Å². The van der Waals surface area contributed by atoms with Crippen LogP contribution in [0.5, 0.6) is 0 Å². The molecule has 1 atom stereocenters. The molecule has 3 rings (SSSR count). The first-order chi connectivity index (χ1) is 12.0. The minimum Gasteiger partial charge on any atom is -0.336 e. The van der Waals surface area contributed by atoms with Crippen LogP contribution in [0.3, 0.4) is 0 Å². The maximum absolute atomic E-state index is 12.7. The number of hydrogen-bond donors (Lipinski definition) is 2. The van der Waals surface area contributed by atoms with Gasteiger partial charge >= 0.3 is 6.03 Å². The van der Waals surface area contributed by atoms with Crippen molar-refractivity contribution >= 4 is 52.4 Å². The third kappa shape index (κ3) is 3.60. The number of carbonyl (C=O) groups excluding carboxylic acids is 3. The number of carbonyl (C=O) groups is 3. The molecular formula is C17H13Cl2N3O3. The Bertz CT molecular complexity index is 839. The molecule has 1 saturated heterocycles. The van der Waals surface area contributed by atoms with Crippen LogP contribution >= 0.6 is 23.2 Å². The zero-order valence-electron chi connectivity index (χ0n) is 12.8. The van der Waals surface area contributed by atoms with Gasteiger partial charge in [-0.2, -0.15) is 0 Å². The Labute approximate surface area is 153 Å². The molecule has 4 amide bonds. The van der Waals surface area contributed by atoms with Gasteiger partial charge in [0.05, 0.1) is 16.4 Å². The highest BCUT2D eigenvalue weighted by atomic mass is 35.5. The molecule has 0 aromatic heterocycles. The molecule has 2 N–H and O–H groups in total. The molecule has 0 spiro atoms. The molecule has 128 valence electrons. The average molecular weight is 378 g/mol. The number of imide groups is 1. The zero-order valence-corrected chi connectivity index (χ0v) is 14.3. The van der Waals surface area contributed by atoms with E-state index in [2.05, 4.69) is 10.6 Å². The molecule has 0 saturated carbocycles. The van der Waals surface area contributed by atoms with Crippen LogP contribution in [0.25, 0.3) is 0 Å². The molecule has 1 aliphatic heterocycles. The van der Waals surface area contributed by atoms with E-state index in [4.69, 9.17) is 23.2 Å². The van der Waals surface area contributed by atoms with Gasteiger partial charge in [-0.15, -0.1) is 0 Å². The van der Waals surface area contributed by atoms with Crippen LogP contribution in [0.1, 0.15) is 0 Å². The Morgan fingerprint density at radius 2 is 1.76 bits per heavy atom. The van der Waals surface area contributed by atoms with Crippen molar-refractivity contribution in [3.8, 4) is 0 Å². The molecule has 0 aliphatic carbocycles. The second-order valence-electron chi connectivity index (χ2n) is 5.36. The van der Waals surface area contributed by atoms with Crippen LogP contribution in [0.15, 0.2) is 48.5 Å². The van der Waals surface area contributed by atoms with E-state index in [1.165, 1.54) is 12.1 Å². The second-order valence-corrected chi connectivity index (χ2v) is 6.20. The standard InChI is InChI=1S/C17H13Cl2N3O3/c18-10-5-7-11(8-6-10)22-16(24)12(9-20-17(22)25)15(23)21-14-4-2-1-3-13(14)19/h1-8,12H,9H2,(H,20,25)(H,21,23). The second kappa shape index (κ2) is 7.13. The van der Waals surface area contributed by atoms with Crippen molar-refractivity contribution in [3.63, 3.8) is 0 Å². The molecule has 0 radical (unpaired) electrons. The summed E-state index contributed by atoms with van der Waals surface area (Å²) in [5.74, 6) is -2.22. The molecule has 8 heteroatoms. The highest BCUT2D eigenvalue weighted by molar-refractivity contribution is 6.34. The number of nitrogens with one attached hydrogen (secondary N) is 2. The van der Waals surface area contributed by atoms with Gasteiger partial charge in [-0.05, 0) is 36.4 Å². The topological polar surface area (TPSA) is 78.5 Å². The van der Waals surface area contributed by atoms with E-state index in [0.717, 1.165) is 4.90 Å². The highest BCUT2D eigenvalue weighted by Crippen LogP contribution is 2.24. The number of rotatable bonds is 3. The average Bonchev–Trinajstić information content (AvgIpc) is 2.58. The molecule has 1 fully saturated rings. The summed E-state index contributed by atoms with van der Waals surface area (Å²) in [6.45, 7) is -0.0853. The van der Waals surface area contributed by atoms with Crippen molar-refractivity contribution < 1.29 is 14.4 Å². The van der Waals surface area contributed by atoms with Gasteiger partial charge in [0.1, 0.15) is 5.92 Å². The van der Waals surface area contributed by atoms with Crippen LogP contribution < -0.4 is 15.5 Å². The summed E-state index contributed by atoms with van der Waals surface area (Å²) in [4.78, 5) is 38.2. The van der Waals surface area contributed by atoms with Gasteiger partial charge in [0.15, 0.2) is 0 Å². The molecular weight excluding hydrogens is 365 g/mol. The monoisotopic (exact) mass is 377 g/mol. The fraction of sp³-hybridized carbons (Fsp3) is 0.118.